The number of morpholine rings is 1. The molecule has 6 heteroatoms. The normalized spacial score (nSPS) is 25.6. The van der Waals surface area contributed by atoms with E-state index in [9.17, 15) is 4.79 Å². The lowest BCUT2D eigenvalue weighted by Gasteiger charge is -2.51. The number of carbonyl (C=O) groups excluding carboxylic acids is 1. The maximum atomic E-state index is 12.5. The van der Waals surface area contributed by atoms with Gasteiger partial charge in [0.2, 0.25) is 6.10 Å². The molecule has 1 aromatic carbocycles. The summed E-state index contributed by atoms with van der Waals surface area (Å²) >= 11 is 0. The third-order valence-electron chi connectivity index (χ3n) is 5.36. The molecule has 1 atom stereocenters. The number of carbonyl (C=O) groups is 1. The van der Waals surface area contributed by atoms with Crippen molar-refractivity contribution >= 4 is 5.91 Å². The fourth-order valence-corrected chi connectivity index (χ4v) is 3.74. The Morgan fingerprint density at radius 1 is 1.21 bits per heavy atom. The number of rotatable bonds is 4. The Labute approximate surface area is 142 Å². The van der Waals surface area contributed by atoms with Gasteiger partial charge in [0.15, 0.2) is 11.5 Å². The molecule has 3 aliphatic rings. The molecule has 2 heterocycles. The third-order valence-corrected chi connectivity index (χ3v) is 5.36. The van der Waals surface area contributed by atoms with Crippen molar-refractivity contribution in [1.82, 2.24) is 10.2 Å². The summed E-state index contributed by atoms with van der Waals surface area (Å²) in [5, 5.41) is 3.10. The summed E-state index contributed by atoms with van der Waals surface area (Å²) in [6.45, 7) is 4.40. The van der Waals surface area contributed by atoms with E-state index >= 15 is 0 Å². The van der Waals surface area contributed by atoms with E-state index in [2.05, 4.69) is 10.2 Å². The first-order chi connectivity index (χ1) is 11.8. The van der Waals surface area contributed by atoms with Crippen LogP contribution in [0.1, 0.15) is 19.3 Å². The molecule has 1 N–H and O–H groups in total. The molecule has 6 nitrogen and oxygen atoms in total. The van der Waals surface area contributed by atoms with Crippen LogP contribution >= 0.6 is 0 Å². The van der Waals surface area contributed by atoms with Gasteiger partial charge in [-0.1, -0.05) is 12.1 Å². The zero-order valence-electron chi connectivity index (χ0n) is 13.8. The smallest absolute Gasteiger partial charge is 0.264 e. The van der Waals surface area contributed by atoms with Crippen LogP contribution in [0.4, 0.5) is 0 Å². The van der Waals surface area contributed by atoms with Crippen LogP contribution in [0.2, 0.25) is 0 Å². The van der Waals surface area contributed by atoms with Crippen molar-refractivity contribution < 1.29 is 19.0 Å². The molecular formula is C18H24N2O4. The van der Waals surface area contributed by atoms with Gasteiger partial charge in [0, 0.05) is 25.2 Å². The maximum absolute atomic E-state index is 12.5. The van der Waals surface area contributed by atoms with Crippen molar-refractivity contribution in [3.05, 3.63) is 24.3 Å². The Bertz CT molecular complexity index is 596. The largest absolute Gasteiger partial charge is 0.485 e. The minimum atomic E-state index is -0.582. The number of nitrogens with one attached hydrogen (secondary N) is 1. The fraction of sp³-hybridized carbons (Fsp3) is 0.611. The van der Waals surface area contributed by atoms with Gasteiger partial charge in [0.05, 0.1) is 13.2 Å². The van der Waals surface area contributed by atoms with E-state index in [0.29, 0.717) is 18.0 Å². The maximum Gasteiger partial charge on any atom is 0.264 e. The summed E-state index contributed by atoms with van der Waals surface area (Å²) < 4.78 is 16.9. The van der Waals surface area contributed by atoms with Crippen molar-refractivity contribution in [3.8, 4) is 11.5 Å². The van der Waals surface area contributed by atoms with Gasteiger partial charge in [-0.15, -0.1) is 0 Å². The number of benzene rings is 1. The molecule has 2 aliphatic heterocycles. The van der Waals surface area contributed by atoms with Gasteiger partial charge in [-0.3, -0.25) is 9.69 Å². The van der Waals surface area contributed by atoms with Gasteiger partial charge in [-0.2, -0.15) is 0 Å². The highest BCUT2D eigenvalue weighted by Gasteiger charge is 2.43. The first-order valence-corrected chi connectivity index (χ1v) is 8.76. The van der Waals surface area contributed by atoms with Gasteiger partial charge in [-0.05, 0) is 31.4 Å². The zero-order valence-corrected chi connectivity index (χ0v) is 13.8. The number of hydrogen-bond acceptors (Lipinski definition) is 5. The van der Waals surface area contributed by atoms with Crippen LogP contribution in [0.15, 0.2) is 24.3 Å². The summed E-state index contributed by atoms with van der Waals surface area (Å²) in [6.07, 6.45) is 2.92. The number of amides is 1. The molecule has 1 unspecified atom stereocenters. The average molecular weight is 332 g/mol. The van der Waals surface area contributed by atoms with Crippen LogP contribution in [0.3, 0.4) is 0 Å². The molecule has 1 aliphatic carbocycles. The molecule has 2 fully saturated rings. The molecule has 1 amide bonds. The van der Waals surface area contributed by atoms with Crippen molar-refractivity contribution in [2.75, 3.05) is 39.5 Å². The van der Waals surface area contributed by atoms with E-state index in [1.165, 1.54) is 6.42 Å². The molecule has 130 valence electrons. The van der Waals surface area contributed by atoms with Crippen LogP contribution in [-0.4, -0.2) is 61.9 Å². The average Bonchev–Trinajstić information content (AvgIpc) is 2.61. The van der Waals surface area contributed by atoms with Gasteiger partial charge in [-0.25, -0.2) is 0 Å². The molecule has 4 rings (SSSR count). The first kappa shape index (κ1) is 15.7. The number of ether oxygens (including phenoxy) is 3. The third kappa shape index (κ3) is 2.96. The van der Waals surface area contributed by atoms with Crippen LogP contribution in [0.5, 0.6) is 11.5 Å². The predicted molar refractivity (Wildman–Crippen MR) is 88.3 cm³/mol. The van der Waals surface area contributed by atoms with Crippen LogP contribution in [-0.2, 0) is 9.53 Å². The summed E-state index contributed by atoms with van der Waals surface area (Å²) in [5.74, 6) is 1.24. The lowest BCUT2D eigenvalue weighted by atomic mass is 9.75. The Balaban J connectivity index is 1.35. The van der Waals surface area contributed by atoms with Crippen LogP contribution < -0.4 is 14.8 Å². The molecule has 24 heavy (non-hydrogen) atoms. The number of hydrogen-bond donors (Lipinski definition) is 1. The van der Waals surface area contributed by atoms with E-state index < -0.39 is 6.10 Å². The molecule has 0 bridgehead atoms. The quantitative estimate of drug-likeness (QED) is 0.898. The second-order valence-corrected chi connectivity index (χ2v) is 6.76. The summed E-state index contributed by atoms with van der Waals surface area (Å²) in [7, 11) is 0. The molecule has 0 spiro atoms. The molecule has 1 saturated heterocycles. The Hall–Kier alpha value is -1.79. The highest BCUT2D eigenvalue weighted by Crippen LogP contribution is 2.37. The number of para-hydroxylation sites is 2. The minimum Gasteiger partial charge on any atom is -0.485 e. The minimum absolute atomic E-state index is 0.0935. The summed E-state index contributed by atoms with van der Waals surface area (Å²) in [4.78, 5) is 15.0. The lowest BCUT2D eigenvalue weighted by Crippen LogP contribution is -2.63. The fourth-order valence-electron chi connectivity index (χ4n) is 3.74. The van der Waals surface area contributed by atoms with Crippen molar-refractivity contribution in [2.45, 2.75) is 30.9 Å². The Kier molecular flexibility index (Phi) is 4.33. The second-order valence-electron chi connectivity index (χ2n) is 6.76. The second kappa shape index (κ2) is 6.61. The first-order valence-electron chi connectivity index (χ1n) is 8.76. The number of nitrogens with zero attached hydrogens (tertiary/aromatic N) is 1. The van der Waals surface area contributed by atoms with E-state index in [4.69, 9.17) is 14.2 Å². The van der Waals surface area contributed by atoms with E-state index in [-0.39, 0.29) is 18.1 Å². The monoisotopic (exact) mass is 332 g/mol. The molecule has 0 radical (unpaired) electrons. The van der Waals surface area contributed by atoms with Gasteiger partial charge in [0.1, 0.15) is 6.61 Å². The van der Waals surface area contributed by atoms with Crippen LogP contribution in [0.25, 0.3) is 0 Å². The molecule has 1 saturated carbocycles. The van der Waals surface area contributed by atoms with Gasteiger partial charge >= 0.3 is 0 Å². The van der Waals surface area contributed by atoms with E-state index in [1.807, 2.05) is 24.3 Å². The van der Waals surface area contributed by atoms with Crippen LogP contribution in [0, 0.1) is 0 Å². The standard InChI is InChI=1S/C18H24N2O4/c21-17(16-12-23-14-4-1-2-5-15(14)24-16)19-13-18(6-3-7-18)20-8-10-22-11-9-20/h1-2,4-5,16H,3,6-13H2,(H,19,21). The van der Waals surface area contributed by atoms with Crippen molar-refractivity contribution in [1.29, 1.82) is 0 Å². The molecule has 0 aromatic heterocycles. The van der Waals surface area contributed by atoms with E-state index in [0.717, 1.165) is 39.1 Å². The Morgan fingerprint density at radius 3 is 2.67 bits per heavy atom. The summed E-state index contributed by atoms with van der Waals surface area (Å²) in [5.41, 5.74) is 0.104. The highest BCUT2D eigenvalue weighted by molar-refractivity contribution is 5.81. The van der Waals surface area contributed by atoms with Crippen molar-refractivity contribution in [3.63, 3.8) is 0 Å². The molecule has 1 aromatic rings. The molecular weight excluding hydrogens is 308 g/mol. The Morgan fingerprint density at radius 2 is 1.96 bits per heavy atom. The van der Waals surface area contributed by atoms with Gasteiger partial charge < -0.3 is 19.5 Å². The lowest BCUT2D eigenvalue weighted by molar-refractivity contribution is -0.132. The topological polar surface area (TPSA) is 60.0 Å². The summed E-state index contributed by atoms with van der Waals surface area (Å²) in [6, 6.07) is 7.46. The predicted octanol–water partition coefficient (Wildman–Crippen LogP) is 1.20. The number of fused-ring (bicyclic) bond motifs is 1. The zero-order chi connectivity index (χ0) is 16.4. The highest BCUT2D eigenvalue weighted by atomic mass is 16.6. The van der Waals surface area contributed by atoms with Crippen molar-refractivity contribution in [2.24, 2.45) is 0 Å². The SMILES string of the molecule is O=C(NCC1(N2CCOCC2)CCC1)C1COc2ccccc2O1. The van der Waals surface area contributed by atoms with Gasteiger partial charge in [0.25, 0.3) is 5.91 Å². The van der Waals surface area contributed by atoms with E-state index in [1.54, 1.807) is 0 Å².